The van der Waals surface area contributed by atoms with Gasteiger partial charge >= 0.3 is 0 Å². The third kappa shape index (κ3) is 3.93. The van der Waals surface area contributed by atoms with Gasteiger partial charge in [0.05, 0.1) is 13.2 Å². The average molecular weight is 335 g/mol. The Morgan fingerprint density at radius 1 is 1.29 bits per heavy atom. The molecule has 3 atom stereocenters. The van der Waals surface area contributed by atoms with Crippen molar-refractivity contribution >= 4 is 0 Å². The molecule has 3 rings (SSSR count). The molecule has 0 saturated carbocycles. The minimum Gasteiger partial charge on any atom is -0.493 e. The van der Waals surface area contributed by atoms with Crippen molar-refractivity contribution in [3.63, 3.8) is 0 Å². The molecule has 1 N–H and O–H groups in total. The first-order valence-electron chi connectivity index (χ1n) is 8.55. The average Bonchev–Trinajstić information content (AvgIpc) is 2.95. The largest absolute Gasteiger partial charge is 0.493 e. The first kappa shape index (κ1) is 20.5. The van der Waals surface area contributed by atoms with Crippen molar-refractivity contribution in [1.29, 1.82) is 0 Å². The monoisotopic (exact) mass is 335 g/mol. The van der Waals surface area contributed by atoms with Crippen LogP contribution in [0, 0.1) is 0 Å². The minimum atomic E-state index is -0.409. The number of benzene rings is 1. The summed E-state index contributed by atoms with van der Waals surface area (Å²) in [7, 11) is 3.79. The highest BCUT2D eigenvalue weighted by molar-refractivity contribution is 5.57. The van der Waals surface area contributed by atoms with E-state index in [2.05, 4.69) is 31.0 Å². The van der Waals surface area contributed by atoms with Gasteiger partial charge in [-0.05, 0) is 25.2 Å². The minimum absolute atomic E-state index is 0. The molecule has 0 aromatic heterocycles. The molecule has 2 aliphatic rings. The van der Waals surface area contributed by atoms with Gasteiger partial charge in [-0.2, -0.15) is 0 Å². The lowest BCUT2D eigenvalue weighted by molar-refractivity contribution is 0.117. The molecule has 0 radical (unpaired) electrons. The molecule has 0 fully saturated rings. The molecule has 136 valence electrons. The Morgan fingerprint density at radius 2 is 2.00 bits per heavy atom. The Labute approximate surface area is 147 Å². The van der Waals surface area contributed by atoms with Crippen LogP contribution in [-0.2, 0) is 6.54 Å². The number of rotatable bonds is 4. The van der Waals surface area contributed by atoms with E-state index < -0.39 is 6.10 Å². The molecule has 0 saturated heterocycles. The fourth-order valence-electron chi connectivity index (χ4n) is 3.20. The van der Waals surface area contributed by atoms with Crippen molar-refractivity contribution in [1.82, 2.24) is 4.90 Å². The van der Waals surface area contributed by atoms with Crippen LogP contribution in [-0.4, -0.2) is 42.9 Å². The van der Waals surface area contributed by atoms with Gasteiger partial charge in [-0.3, -0.25) is 0 Å². The fraction of sp³-hybridized carbons (Fsp3) is 0.600. The van der Waals surface area contributed by atoms with E-state index in [1.54, 1.807) is 7.11 Å². The summed E-state index contributed by atoms with van der Waals surface area (Å²) < 4.78 is 11.6. The summed E-state index contributed by atoms with van der Waals surface area (Å²) in [5.41, 5.74) is 2.51. The third-order valence-corrected chi connectivity index (χ3v) is 4.47. The highest BCUT2D eigenvalue weighted by atomic mass is 16.5. The lowest BCUT2D eigenvalue weighted by Gasteiger charge is -2.24. The van der Waals surface area contributed by atoms with Crippen LogP contribution in [0.2, 0.25) is 0 Å². The molecule has 4 nitrogen and oxygen atoms in total. The van der Waals surface area contributed by atoms with E-state index in [-0.39, 0.29) is 19.4 Å². The molecule has 24 heavy (non-hydrogen) atoms. The van der Waals surface area contributed by atoms with E-state index >= 15 is 0 Å². The standard InChI is InChI=1S/C17H23NO3.C2H6.CH4/c1-4-18(2)10-11-5-8-14(20-3)17-16(11)13-7-6-12(19)9-15(13)21-17;1-2;/h5-8,12-13,15,19H,4,9-10H2,1-3H3;1-2H3;1H4. The number of aliphatic hydroxyl groups is 1. The van der Waals surface area contributed by atoms with Crippen LogP contribution in [0.25, 0.3) is 0 Å². The zero-order chi connectivity index (χ0) is 17.0. The zero-order valence-electron chi connectivity index (χ0n) is 14.9. The van der Waals surface area contributed by atoms with E-state index in [0.29, 0.717) is 6.42 Å². The number of methoxy groups -OCH3 is 1. The maximum absolute atomic E-state index is 9.81. The summed E-state index contributed by atoms with van der Waals surface area (Å²) in [6, 6.07) is 4.11. The summed E-state index contributed by atoms with van der Waals surface area (Å²) in [6.45, 7) is 8.05. The van der Waals surface area contributed by atoms with Gasteiger partial charge in [0.1, 0.15) is 6.10 Å². The lowest BCUT2D eigenvalue weighted by Crippen LogP contribution is -2.27. The third-order valence-electron chi connectivity index (χ3n) is 4.47. The Hall–Kier alpha value is -1.52. The van der Waals surface area contributed by atoms with Gasteiger partial charge in [-0.15, -0.1) is 0 Å². The Kier molecular flexibility index (Phi) is 7.77. The molecule has 4 heteroatoms. The highest BCUT2D eigenvalue weighted by Crippen LogP contribution is 2.49. The number of fused-ring (bicyclic) bond motifs is 3. The van der Waals surface area contributed by atoms with E-state index in [9.17, 15) is 5.11 Å². The summed E-state index contributed by atoms with van der Waals surface area (Å²) in [5, 5.41) is 9.81. The maximum Gasteiger partial charge on any atom is 0.165 e. The van der Waals surface area contributed by atoms with Crippen molar-refractivity contribution in [2.75, 3.05) is 20.7 Å². The molecule has 0 spiro atoms. The molecule has 0 bridgehead atoms. The maximum atomic E-state index is 9.81. The van der Waals surface area contributed by atoms with E-state index in [0.717, 1.165) is 24.6 Å². The number of nitrogens with zero attached hydrogens (tertiary/aromatic N) is 1. The predicted molar refractivity (Wildman–Crippen MR) is 100 cm³/mol. The Balaban J connectivity index is 0.000000925. The smallest absolute Gasteiger partial charge is 0.165 e. The first-order chi connectivity index (χ1) is 11.1. The predicted octanol–water partition coefficient (Wildman–Crippen LogP) is 3.97. The lowest BCUT2D eigenvalue weighted by atomic mass is 9.85. The molecule has 1 aliphatic carbocycles. The van der Waals surface area contributed by atoms with Gasteiger partial charge in [0.25, 0.3) is 0 Å². The van der Waals surface area contributed by atoms with E-state index in [4.69, 9.17) is 9.47 Å². The highest BCUT2D eigenvalue weighted by Gasteiger charge is 2.39. The summed E-state index contributed by atoms with van der Waals surface area (Å²) in [5.74, 6) is 1.86. The van der Waals surface area contributed by atoms with Gasteiger partial charge in [-0.1, -0.05) is 46.4 Å². The second-order valence-electron chi connectivity index (χ2n) is 5.87. The van der Waals surface area contributed by atoms with E-state index in [1.165, 1.54) is 11.1 Å². The Morgan fingerprint density at radius 3 is 2.62 bits per heavy atom. The molecule has 1 aromatic carbocycles. The summed E-state index contributed by atoms with van der Waals surface area (Å²) in [6.07, 6.45) is 4.21. The van der Waals surface area contributed by atoms with Crippen molar-refractivity contribution < 1.29 is 14.6 Å². The number of ether oxygens (including phenoxy) is 2. The molecular weight excluding hydrogens is 302 g/mol. The fourth-order valence-corrected chi connectivity index (χ4v) is 3.20. The van der Waals surface area contributed by atoms with Crippen LogP contribution < -0.4 is 9.47 Å². The van der Waals surface area contributed by atoms with Gasteiger partial charge in [0, 0.05) is 24.4 Å². The van der Waals surface area contributed by atoms with Crippen molar-refractivity contribution in [2.24, 2.45) is 0 Å². The molecule has 1 aromatic rings. The van der Waals surface area contributed by atoms with Crippen molar-refractivity contribution in [2.45, 2.75) is 59.3 Å². The zero-order valence-corrected chi connectivity index (χ0v) is 14.9. The van der Waals surface area contributed by atoms with Crippen molar-refractivity contribution in [3.05, 3.63) is 35.4 Å². The van der Waals surface area contributed by atoms with Crippen LogP contribution in [0.4, 0.5) is 0 Å². The summed E-state index contributed by atoms with van der Waals surface area (Å²) >= 11 is 0. The molecule has 1 heterocycles. The van der Waals surface area contributed by atoms with Crippen LogP contribution in [0.15, 0.2) is 24.3 Å². The summed E-state index contributed by atoms with van der Waals surface area (Å²) in [4.78, 5) is 2.27. The van der Waals surface area contributed by atoms with Crippen LogP contribution >= 0.6 is 0 Å². The molecule has 0 amide bonds. The van der Waals surface area contributed by atoms with E-state index in [1.807, 2.05) is 26.0 Å². The van der Waals surface area contributed by atoms with Crippen molar-refractivity contribution in [3.8, 4) is 11.5 Å². The van der Waals surface area contributed by atoms with Gasteiger partial charge < -0.3 is 19.5 Å². The number of hydrogen-bond acceptors (Lipinski definition) is 4. The number of hydrogen-bond donors (Lipinski definition) is 1. The van der Waals surface area contributed by atoms with Crippen LogP contribution in [0.5, 0.6) is 11.5 Å². The van der Waals surface area contributed by atoms with Crippen LogP contribution in [0.3, 0.4) is 0 Å². The van der Waals surface area contributed by atoms with Gasteiger partial charge in [0.2, 0.25) is 0 Å². The quantitative estimate of drug-likeness (QED) is 0.845. The first-order valence-corrected chi connectivity index (χ1v) is 8.55. The van der Waals surface area contributed by atoms with Gasteiger partial charge in [0.15, 0.2) is 11.5 Å². The SMILES string of the molecule is C.CC.CCN(C)Cc1ccc(OC)c2c1C1C=CC(O)CC1O2. The topological polar surface area (TPSA) is 41.9 Å². The second kappa shape index (κ2) is 9.09. The van der Waals surface area contributed by atoms with Gasteiger partial charge in [-0.25, -0.2) is 0 Å². The van der Waals surface area contributed by atoms with Crippen LogP contribution in [0.1, 0.15) is 51.7 Å². The molecule has 1 aliphatic heterocycles. The second-order valence-corrected chi connectivity index (χ2v) is 5.87. The normalized spacial score (nSPS) is 23.4. The number of aliphatic hydroxyl groups excluding tert-OH is 1. The Bertz CT molecular complexity index is 556. The molecule has 3 unspecified atom stereocenters. The molecular formula is C20H33NO3.